The fourth-order valence-electron chi connectivity index (χ4n) is 10.7. The second kappa shape index (κ2) is 60.5. The van der Waals surface area contributed by atoms with E-state index >= 15 is 0 Å². The van der Waals surface area contributed by atoms with E-state index in [1.54, 1.807) is 0 Å². The van der Waals surface area contributed by atoms with Gasteiger partial charge in [-0.2, -0.15) is 0 Å². The lowest BCUT2D eigenvalue weighted by atomic mass is 9.89. The van der Waals surface area contributed by atoms with Gasteiger partial charge < -0.3 is 86.6 Å². The summed E-state index contributed by atoms with van der Waals surface area (Å²) in [6.07, 6.45) is 9.42. The number of amides is 9. The largest absolute Gasteiger partial charge is 0.379 e. The SMILES string of the molecule is CC(C)CCC(=O)NCCOCCOCCOCCOCCOCCOCCOCCOCCC(=O)N[C@H](C(=O)C[C@@H](CCCNC(N)=O)C(=O)Nc1ccc(CC(C)C)cc1)C(C)C.CC(C)CCCCCC(=O)N[C@H](C(=O)C[C@@H](CCCNC(N)=O)C(=O)Nc1ccc(CC(C)C)cc1)C(C)C. The Bertz CT molecular complexity index is 2650. The first kappa shape index (κ1) is 95.4. The number of carbonyl (C=O) groups excluding carboxylic acids is 9. The van der Waals surface area contributed by atoms with Crippen LogP contribution in [0.4, 0.5) is 21.0 Å². The van der Waals surface area contributed by atoms with Gasteiger partial charge in [-0.3, -0.25) is 33.6 Å². The molecule has 0 aromatic heterocycles. The minimum Gasteiger partial charge on any atom is -0.379 e. The molecule has 0 radical (unpaired) electrons. The van der Waals surface area contributed by atoms with E-state index in [1.807, 2.05) is 76.2 Å². The smallest absolute Gasteiger partial charge is 0.312 e. The number of ketones is 2. The average Bonchev–Trinajstić information content (AvgIpc) is 0.871. The highest BCUT2D eigenvalue weighted by Crippen LogP contribution is 2.23. The van der Waals surface area contributed by atoms with Gasteiger partial charge in [-0.05, 0) is 122 Å². The van der Waals surface area contributed by atoms with Crippen LogP contribution in [0.25, 0.3) is 0 Å². The molecule has 0 unspecified atom stereocenters. The molecule has 4 atom stereocenters. The Morgan fingerprint density at radius 1 is 0.337 bits per heavy atom. The molecule has 0 spiro atoms. The number of carbonyl (C=O) groups is 9. The van der Waals surface area contributed by atoms with Gasteiger partial charge in [0.05, 0.1) is 118 Å². The molecule has 2 rings (SSSR count). The summed E-state index contributed by atoms with van der Waals surface area (Å²) in [5.41, 5.74) is 14.0. The number of hydrogen-bond donors (Lipinski definition) is 9. The van der Waals surface area contributed by atoms with Crippen molar-refractivity contribution in [3.8, 4) is 0 Å². The van der Waals surface area contributed by atoms with Crippen LogP contribution in [-0.4, -0.2) is 191 Å². The number of benzene rings is 2. The molecule has 0 saturated heterocycles. The van der Waals surface area contributed by atoms with Crippen LogP contribution < -0.4 is 48.7 Å². The van der Waals surface area contributed by atoms with Gasteiger partial charge in [0.25, 0.3) is 0 Å². The number of nitrogens with two attached hydrogens (primary N) is 2. The first-order valence-electron chi connectivity index (χ1n) is 38.1. The van der Waals surface area contributed by atoms with E-state index in [2.05, 4.69) is 92.6 Å². The number of nitrogens with one attached hydrogen (secondary N) is 7. The molecule has 11 N–H and O–H groups in total. The van der Waals surface area contributed by atoms with Crippen molar-refractivity contribution < 1.29 is 81.0 Å². The van der Waals surface area contributed by atoms with Gasteiger partial charge in [-0.1, -0.05) is 127 Å². The van der Waals surface area contributed by atoms with Crippen molar-refractivity contribution in [3.63, 3.8) is 0 Å². The monoisotopic (exact) mass is 1470 g/mol. The van der Waals surface area contributed by atoms with Crippen LogP contribution in [0.5, 0.6) is 0 Å². The fourth-order valence-corrected chi connectivity index (χ4v) is 10.7. The van der Waals surface area contributed by atoms with Crippen molar-refractivity contribution in [1.29, 1.82) is 0 Å². The second-order valence-electron chi connectivity index (χ2n) is 28.7. The van der Waals surface area contributed by atoms with Crippen LogP contribution in [0.3, 0.4) is 0 Å². The van der Waals surface area contributed by atoms with Gasteiger partial charge >= 0.3 is 12.1 Å². The maximum atomic E-state index is 13.5. The molecule has 2 aromatic rings. The highest BCUT2D eigenvalue weighted by molar-refractivity contribution is 5.98. The lowest BCUT2D eigenvalue weighted by Crippen LogP contribution is -2.45. The predicted molar refractivity (Wildman–Crippen MR) is 407 cm³/mol. The predicted octanol–water partition coefficient (Wildman–Crippen LogP) is 9.66. The lowest BCUT2D eigenvalue weighted by molar-refractivity contribution is -0.131. The fraction of sp³-hybridized carbons (Fsp3) is 0.731. The third kappa shape index (κ3) is 53.2. The van der Waals surface area contributed by atoms with Crippen molar-refractivity contribution in [3.05, 3.63) is 59.7 Å². The molecule has 2 aromatic carbocycles. The Labute approximate surface area is 621 Å². The van der Waals surface area contributed by atoms with E-state index in [4.69, 9.17) is 49.4 Å². The highest BCUT2D eigenvalue weighted by Gasteiger charge is 2.31. The van der Waals surface area contributed by atoms with Crippen LogP contribution in [0.2, 0.25) is 0 Å². The van der Waals surface area contributed by atoms with Crippen molar-refractivity contribution in [2.24, 2.45) is 58.8 Å². The zero-order valence-corrected chi connectivity index (χ0v) is 65.2. The summed E-state index contributed by atoms with van der Waals surface area (Å²) in [5, 5.41) is 19.5. The zero-order chi connectivity index (χ0) is 77.3. The summed E-state index contributed by atoms with van der Waals surface area (Å²) < 4.78 is 44.0. The van der Waals surface area contributed by atoms with E-state index in [0.717, 1.165) is 44.9 Å². The Balaban J connectivity index is 0.00000118. The molecule has 0 aliphatic rings. The summed E-state index contributed by atoms with van der Waals surface area (Å²) in [6, 6.07) is 12.7. The third-order valence-electron chi connectivity index (χ3n) is 16.4. The van der Waals surface area contributed by atoms with Gasteiger partial charge in [0, 0.05) is 74.9 Å². The molecule has 0 aliphatic heterocycles. The molecule has 9 amide bonds. The number of unbranched alkanes of at least 4 members (excludes halogenated alkanes) is 2. The first-order valence-corrected chi connectivity index (χ1v) is 38.1. The Morgan fingerprint density at radius 2 is 0.683 bits per heavy atom. The van der Waals surface area contributed by atoms with Crippen molar-refractivity contribution in [2.75, 3.05) is 136 Å². The van der Waals surface area contributed by atoms with E-state index in [9.17, 15) is 43.2 Å². The summed E-state index contributed by atoms with van der Waals surface area (Å²) in [5.74, 6) is -0.723. The Kier molecular flexibility index (Phi) is 55.5. The zero-order valence-electron chi connectivity index (χ0n) is 65.2. The first-order chi connectivity index (χ1) is 49.7. The number of urea groups is 2. The number of primary amides is 2. The molecule has 104 heavy (non-hydrogen) atoms. The number of hydrogen-bond acceptors (Lipinski definition) is 17. The topological polar surface area (TPSA) is 364 Å². The molecule has 0 saturated carbocycles. The summed E-state index contributed by atoms with van der Waals surface area (Å²) >= 11 is 0. The van der Waals surface area contributed by atoms with E-state index < -0.39 is 36.0 Å². The van der Waals surface area contributed by atoms with Crippen LogP contribution in [0, 0.1) is 47.3 Å². The molecule has 26 nitrogen and oxygen atoms in total. The number of Topliss-reactive ketones (excluding diaryl/α,β-unsaturated/α-hetero) is 2. The van der Waals surface area contributed by atoms with Crippen LogP contribution in [0.1, 0.15) is 184 Å². The van der Waals surface area contributed by atoms with Gasteiger partial charge in [0.15, 0.2) is 11.6 Å². The minimum atomic E-state index is -0.780. The van der Waals surface area contributed by atoms with Crippen molar-refractivity contribution in [1.82, 2.24) is 26.6 Å². The Morgan fingerprint density at radius 3 is 1.02 bits per heavy atom. The number of ether oxygens (including phenoxy) is 8. The maximum Gasteiger partial charge on any atom is 0.312 e. The van der Waals surface area contributed by atoms with Gasteiger partial charge in [0.1, 0.15) is 0 Å². The summed E-state index contributed by atoms with van der Waals surface area (Å²) in [4.78, 5) is 113. The average molecular weight is 1470 g/mol. The molecule has 594 valence electrons. The normalized spacial score (nSPS) is 12.6. The minimum absolute atomic E-state index is 0.00531. The molecule has 0 bridgehead atoms. The summed E-state index contributed by atoms with van der Waals surface area (Å²) in [6.45, 7) is 32.3. The standard InChI is InChI=1S/C47H83N5O13.C31H52N4O4/c1-36(2)9-14-43(54)49-17-19-59-21-23-61-25-27-63-29-31-65-33-32-64-30-28-62-26-24-60-22-20-58-18-15-44(55)52-45(38(5)6)42(53)35-40(8-7-16-50-47(48)57)46(56)51-41-12-10-39(11-13-41)34-37(3)4;1-21(2)11-8-7-9-13-28(37)35-29(23(5)6)27(36)20-25(12-10-18-33-31(32)39)30(38)34-26-16-14-24(15-17-26)19-22(3)4/h10-13,36-38,40,45H,7-9,14-35H2,1-6H3,(H,49,54)(H,51,56)(H,52,55)(H3,48,50,57);14-17,21-23,25,29H,7-13,18-20H2,1-6H3,(H,34,38)(H,35,37)(H3,32,33,39)/t40-,45+;25-,29+/m11/s1. The molecule has 0 fully saturated rings. The van der Waals surface area contributed by atoms with E-state index in [0.29, 0.717) is 186 Å². The van der Waals surface area contributed by atoms with Gasteiger partial charge in [-0.15, -0.1) is 0 Å². The van der Waals surface area contributed by atoms with Crippen molar-refractivity contribution in [2.45, 2.75) is 198 Å². The van der Waals surface area contributed by atoms with Gasteiger partial charge in [0.2, 0.25) is 29.5 Å². The maximum absolute atomic E-state index is 13.5. The molecule has 26 heteroatoms. The van der Waals surface area contributed by atoms with E-state index in [-0.39, 0.29) is 85.4 Å². The van der Waals surface area contributed by atoms with Crippen molar-refractivity contribution >= 4 is 64.5 Å². The second-order valence-corrected chi connectivity index (χ2v) is 28.7. The summed E-state index contributed by atoms with van der Waals surface area (Å²) in [7, 11) is 0. The lowest BCUT2D eigenvalue weighted by Gasteiger charge is -2.24. The molecular weight excluding hydrogens is 1330 g/mol. The highest BCUT2D eigenvalue weighted by atomic mass is 16.6. The quantitative estimate of drug-likeness (QED) is 0.0278. The van der Waals surface area contributed by atoms with Crippen LogP contribution >= 0.6 is 0 Å². The molecule has 0 heterocycles. The molecular formula is C78H135N9O17. The Hall–Kier alpha value is -6.65. The van der Waals surface area contributed by atoms with Gasteiger partial charge in [-0.25, -0.2) is 9.59 Å². The van der Waals surface area contributed by atoms with E-state index in [1.165, 1.54) is 11.1 Å². The number of anilines is 2. The van der Waals surface area contributed by atoms with Crippen LogP contribution in [0.15, 0.2) is 48.5 Å². The molecule has 0 aliphatic carbocycles. The van der Waals surface area contributed by atoms with Crippen LogP contribution in [-0.2, 0) is 84.3 Å². The third-order valence-corrected chi connectivity index (χ3v) is 16.4. The number of rotatable bonds is 62.